The molecular formula is C14H19F3O2. The van der Waals surface area contributed by atoms with E-state index in [9.17, 15) is 13.2 Å². The molecule has 1 aromatic carbocycles. The summed E-state index contributed by atoms with van der Waals surface area (Å²) in [6, 6.07) is 6.62. The lowest BCUT2D eigenvalue weighted by atomic mass is 9.92. The van der Waals surface area contributed by atoms with Crippen molar-refractivity contribution in [1.82, 2.24) is 0 Å². The second-order valence-corrected chi connectivity index (χ2v) is 4.60. The Hall–Kier alpha value is -1.23. The maximum absolute atomic E-state index is 12.6. The van der Waals surface area contributed by atoms with Crippen LogP contribution < -0.4 is 4.74 Å². The van der Waals surface area contributed by atoms with Crippen molar-refractivity contribution < 1.29 is 22.6 Å². The minimum atomic E-state index is -4.29. The van der Waals surface area contributed by atoms with E-state index in [0.29, 0.717) is 17.9 Å². The molecule has 0 saturated heterocycles. The monoisotopic (exact) mass is 276 g/mol. The zero-order valence-electron chi connectivity index (χ0n) is 11.4. The molecule has 0 bridgehead atoms. The van der Waals surface area contributed by atoms with Gasteiger partial charge in [0.05, 0.1) is 18.6 Å². The first kappa shape index (κ1) is 15.8. The summed E-state index contributed by atoms with van der Waals surface area (Å²) in [6.45, 7) is 3.93. The second-order valence-electron chi connectivity index (χ2n) is 4.60. The zero-order chi connectivity index (χ0) is 14.5. The number of ether oxygens (including phenoxy) is 2. The van der Waals surface area contributed by atoms with Crippen LogP contribution in [0, 0.1) is 0 Å². The van der Waals surface area contributed by atoms with E-state index in [1.54, 1.807) is 24.3 Å². The van der Waals surface area contributed by atoms with E-state index in [0.717, 1.165) is 6.42 Å². The van der Waals surface area contributed by atoms with Crippen LogP contribution in [0.25, 0.3) is 0 Å². The van der Waals surface area contributed by atoms with Gasteiger partial charge in [-0.2, -0.15) is 13.2 Å². The smallest absolute Gasteiger partial charge is 0.392 e. The summed E-state index contributed by atoms with van der Waals surface area (Å²) in [5.74, 6) is 0.560. The molecule has 1 rings (SSSR count). The SMILES string of the molecule is CCCOc1cccc(C(C)(CC(F)(F)F)OC)c1. The van der Waals surface area contributed by atoms with Crippen LogP contribution in [-0.2, 0) is 10.3 Å². The van der Waals surface area contributed by atoms with E-state index in [1.165, 1.54) is 14.0 Å². The van der Waals surface area contributed by atoms with Gasteiger partial charge < -0.3 is 9.47 Å². The molecule has 0 N–H and O–H groups in total. The molecule has 0 spiro atoms. The van der Waals surface area contributed by atoms with Crippen molar-refractivity contribution in [3.63, 3.8) is 0 Å². The maximum Gasteiger partial charge on any atom is 0.392 e. The molecular weight excluding hydrogens is 257 g/mol. The normalized spacial score (nSPS) is 15.1. The van der Waals surface area contributed by atoms with Crippen LogP contribution in [0.15, 0.2) is 24.3 Å². The van der Waals surface area contributed by atoms with Gasteiger partial charge >= 0.3 is 6.18 Å². The number of rotatable bonds is 6. The number of halogens is 3. The molecule has 0 fully saturated rings. The van der Waals surface area contributed by atoms with Crippen LogP contribution >= 0.6 is 0 Å². The van der Waals surface area contributed by atoms with Crippen LogP contribution in [0.3, 0.4) is 0 Å². The molecule has 0 amide bonds. The highest BCUT2D eigenvalue weighted by Gasteiger charge is 2.40. The molecule has 0 radical (unpaired) electrons. The molecule has 1 unspecified atom stereocenters. The van der Waals surface area contributed by atoms with Gasteiger partial charge in [0, 0.05) is 7.11 Å². The average molecular weight is 276 g/mol. The van der Waals surface area contributed by atoms with Gasteiger partial charge in [-0.05, 0) is 31.0 Å². The first-order valence-electron chi connectivity index (χ1n) is 6.16. The van der Waals surface area contributed by atoms with E-state index in [2.05, 4.69) is 0 Å². The number of hydrogen-bond acceptors (Lipinski definition) is 2. The fourth-order valence-corrected chi connectivity index (χ4v) is 1.81. The Morgan fingerprint density at radius 3 is 2.42 bits per heavy atom. The van der Waals surface area contributed by atoms with Crippen molar-refractivity contribution in [2.45, 2.75) is 38.5 Å². The highest BCUT2D eigenvalue weighted by molar-refractivity contribution is 5.32. The molecule has 2 nitrogen and oxygen atoms in total. The quantitative estimate of drug-likeness (QED) is 0.771. The van der Waals surface area contributed by atoms with Crippen molar-refractivity contribution >= 4 is 0 Å². The van der Waals surface area contributed by atoms with Crippen LogP contribution in [0.4, 0.5) is 13.2 Å². The summed E-state index contributed by atoms with van der Waals surface area (Å²) in [5, 5.41) is 0. The fraction of sp³-hybridized carbons (Fsp3) is 0.571. The molecule has 0 saturated carbocycles. The highest BCUT2D eigenvalue weighted by Crippen LogP contribution is 2.37. The van der Waals surface area contributed by atoms with E-state index in [4.69, 9.17) is 9.47 Å². The van der Waals surface area contributed by atoms with E-state index in [-0.39, 0.29) is 0 Å². The van der Waals surface area contributed by atoms with Crippen LogP contribution in [-0.4, -0.2) is 19.9 Å². The van der Waals surface area contributed by atoms with Gasteiger partial charge in [0.2, 0.25) is 0 Å². The lowest BCUT2D eigenvalue weighted by Gasteiger charge is -2.30. The average Bonchev–Trinajstić information content (AvgIpc) is 2.34. The molecule has 108 valence electrons. The summed E-state index contributed by atoms with van der Waals surface area (Å²) >= 11 is 0. The number of hydrogen-bond donors (Lipinski definition) is 0. The first-order chi connectivity index (χ1) is 8.80. The number of alkyl halides is 3. The Morgan fingerprint density at radius 1 is 1.21 bits per heavy atom. The van der Waals surface area contributed by atoms with Gasteiger partial charge in [0.25, 0.3) is 0 Å². The second kappa shape index (κ2) is 6.28. The van der Waals surface area contributed by atoms with E-state index in [1.807, 2.05) is 6.92 Å². The lowest BCUT2D eigenvalue weighted by Crippen LogP contribution is -2.31. The molecule has 1 aromatic rings. The third kappa shape index (κ3) is 4.74. The topological polar surface area (TPSA) is 18.5 Å². The van der Waals surface area contributed by atoms with Crippen molar-refractivity contribution in [2.24, 2.45) is 0 Å². The summed E-state index contributed by atoms with van der Waals surface area (Å²) in [7, 11) is 1.28. The van der Waals surface area contributed by atoms with Crippen molar-refractivity contribution in [3.05, 3.63) is 29.8 Å². The van der Waals surface area contributed by atoms with Crippen LogP contribution in [0.2, 0.25) is 0 Å². The lowest BCUT2D eigenvalue weighted by molar-refractivity contribution is -0.181. The summed E-state index contributed by atoms with van der Waals surface area (Å²) in [4.78, 5) is 0. The Balaban J connectivity index is 2.97. The molecule has 0 aromatic heterocycles. The predicted octanol–water partition coefficient (Wildman–Crippen LogP) is 4.29. The minimum Gasteiger partial charge on any atom is -0.494 e. The van der Waals surface area contributed by atoms with Crippen molar-refractivity contribution in [3.8, 4) is 5.75 Å². The van der Waals surface area contributed by atoms with E-state index >= 15 is 0 Å². The molecule has 1 atom stereocenters. The summed E-state index contributed by atoms with van der Waals surface area (Å²) in [5.41, 5.74) is -0.940. The minimum absolute atomic E-state index is 0.459. The van der Waals surface area contributed by atoms with Gasteiger partial charge in [0.1, 0.15) is 5.75 Å². The van der Waals surface area contributed by atoms with Crippen LogP contribution in [0.5, 0.6) is 5.75 Å². The van der Waals surface area contributed by atoms with Gasteiger partial charge in [-0.15, -0.1) is 0 Å². The molecule has 19 heavy (non-hydrogen) atoms. The standard InChI is InChI=1S/C14H19F3O2/c1-4-8-19-12-7-5-6-11(9-12)13(2,18-3)10-14(15,16)17/h5-7,9H,4,8,10H2,1-3H3. The Labute approximate surface area is 111 Å². The van der Waals surface area contributed by atoms with E-state index < -0.39 is 18.2 Å². The number of methoxy groups -OCH3 is 1. The number of benzene rings is 1. The highest BCUT2D eigenvalue weighted by atomic mass is 19.4. The van der Waals surface area contributed by atoms with Gasteiger partial charge in [0.15, 0.2) is 0 Å². The van der Waals surface area contributed by atoms with Gasteiger partial charge in [-0.1, -0.05) is 19.1 Å². The first-order valence-corrected chi connectivity index (χ1v) is 6.16. The Morgan fingerprint density at radius 2 is 1.89 bits per heavy atom. The van der Waals surface area contributed by atoms with Crippen molar-refractivity contribution in [1.29, 1.82) is 0 Å². The molecule has 5 heteroatoms. The summed E-state index contributed by atoms with van der Waals surface area (Å²) < 4.78 is 48.4. The maximum atomic E-state index is 12.6. The van der Waals surface area contributed by atoms with Crippen LogP contribution in [0.1, 0.15) is 32.3 Å². The molecule has 0 aliphatic rings. The third-order valence-corrected chi connectivity index (χ3v) is 2.91. The van der Waals surface area contributed by atoms with Crippen molar-refractivity contribution in [2.75, 3.05) is 13.7 Å². The Kier molecular flexibility index (Phi) is 5.23. The molecule has 0 aliphatic carbocycles. The van der Waals surface area contributed by atoms with Gasteiger partial charge in [-0.25, -0.2) is 0 Å². The molecule has 0 heterocycles. The predicted molar refractivity (Wildman–Crippen MR) is 67.3 cm³/mol. The molecule has 0 aliphatic heterocycles. The zero-order valence-corrected chi connectivity index (χ0v) is 11.4. The largest absolute Gasteiger partial charge is 0.494 e. The Bertz CT molecular complexity index is 404. The summed E-state index contributed by atoms with van der Waals surface area (Å²) in [6.07, 6.45) is -4.48. The van der Waals surface area contributed by atoms with Gasteiger partial charge in [-0.3, -0.25) is 0 Å². The fourth-order valence-electron chi connectivity index (χ4n) is 1.81. The third-order valence-electron chi connectivity index (χ3n) is 2.91.